The van der Waals surface area contributed by atoms with Crippen molar-refractivity contribution in [3.8, 4) is 6.07 Å². The van der Waals surface area contributed by atoms with Crippen molar-refractivity contribution in [1.29, 1.82) is 5.26 Å². The average molecular weight is 137 g/mol. The van der Waals surface area contributed by atoms with E-state index in [2.05, 4.69) is 9.97 Å². The van der Waals surface area contributed by atoms with E-state index in [0.717, 1.165) is 0 Å². The van der Waals surface area contributed by atoms with Gasteiger partial charge in [0.1, 0.15) is 12.7 Å². The van der Waals surface area contributed by atoms with Crippen LogP contribution in [0.15, 0.2) is 12.3 Å². The van der Waals surface area contributed by atoms with Crippen LogP contribution in [0.25, 0.3) is 0 Å². The maximum atomic E-state index is 11.8. The predicted molar refractivity (Wildman–Crippen MR) is 31.6 cm³/mol. The molecule has 0 aliphatic heterocycles. The summed E-state index contributed by atoms with van der Waals surface area (Å²) in [5, 5.41) is 8.26. The molecule has 3 nitrogen and oxygen atoms in total. The minimum absolute atomic E-state index is 0.00940. The summed E-state index contributed by atoms with van der Waals surface area (Å²) in [6.45, 7) is -0.656. The molecule has 10 heavy (non-hydrogen) atoms. The molecule has 0 amide bonds. The molecule has 0 saturated carbocycles. The van der Waals surface area contributed by atoms with E-state index in [1.165, 1.54) is 12.3 Å². The van der Waals surface area contributed by atoms with Gasteiger partial charge in [0.2, 0.25) is 5.82 Å². The van der Waals surface area contributed by atoms with Gasteiger partial charge in [-0.1, -0.05) is 0 Å². The summed E-state index contributed by atoms with van der Waals surface area (Å²) in [7, 11) is 0. The Kier molecular flexibility index (Phi) is 1.90. The van der Waals surface area contributed by atoms with Gasteiger partial charge in [-0.2, -0.15) is 5.26 Å². The lowest BCUT2D eigenvalue weighted by molar-refractivity contribution is 0.475. The minimum atomic E-state index is -0.656. The van der Waals surface area contributed by atoms with Gasteiger partial charge in [-0.05, 0) is 6.07 Å². The molecule has 0 bridgehead atoms. The lowest BCUT2D eigenvalue weighted by Gasteiger charge is -1.90. The molecule has 4 heteroatoms. The summed E-state index contributed by atoms with van der Waals surface area (Å²) in [5.74, 6) is 0.00940. The molecule has 1 rings (SSSR count). The number of halogens is 1. The van der Waals surface area contributed by atoms with Crippen molar-refractivity contribution in [3.05, 3.63) is 23.8 Å². The highest BCUT2D eigenvalue weighted by Gasteiger charge is 1.94. The fraction of sp³-hybridized carbons (Fsp3) is 0.167. The first-order valence-corrected chi connectivity index (χ1v) is 2.65. The molecule has 0 spiro atoms. The first-order chi connectivity index (χ1) is 4.86. The van der Waals surface area contributed by atoms with Crippen LogP contribution in [-0.4, -0.2) is 9.97 Å². The lowest BCUT2D eigenvalue weighted by Crippen LogP contribution is -1.91. The molecule has 0 saturated heterocycles. The van der Waals surface area contributed by atoms with Crippen LogP contribution in [-0.2, 0) is 6.67 Å². The highest BCUT2D eigenvalue weighted by atomic mass is 19.1. The molecular weight excluding hydrogens is 133 g/mol. The summed E-state index contributed by atoms with van der Waals surface area (Å²) in [6.07, 6.45) is 1.36. The van der Waals surface area contributed by atoms with Gasteiger partial charge in [-0.25, -0.2) is 14.4 Å². The van der Waals surface area contributed by atoms with Crippen LogP contribution >= 0.6 is 0 Å². The number of alkyl halides is 1. The molecule has 0 radical (unpaired) electrons. The van der Waals surface area contributed by atoms with Crippen LogP contribution in [0.5, 0.6) is 0 Å². The van der Waals surface area contributed by atoms with Gasteiger partial charge in [0.25, 0.3) is 0 Å². The first-order valence-electron chi connectivity index (χ1n) is 2.65. The molecule has 1 aromatic rings. The Morgan fingerprint density at radius 1 is 1.70 bits per heavy atom. The number of hydrogen-bond acceptors (Lipinski definition) is 3. The highest BCUT2D eigenvalue weighted by molar-refractivity contribution is 5.11. The molecule has 0 atom stereocenters. The third kappa shape index (κ3) is 1.26. The Morgan fingerprint density at radius 3 is 3.10 bits per heavy atom. The van der Waals surface area contributed by atoms with Gasteiger partial charge in [0.05, 0.1) is 5.69 Å². The van der Waals surface area contributed by atoms with E-state index >= 15 is 0 Å². The standard InChI is InChI=1S/C6H4FN3/c7-3-5-1-2-9-6(4-8)10-5/h1-2H,3H2. The third-order valence-electron chi connectivity index (χ3n) is 0.950. The fourth-order valence-corrected chi connectivity index (χ4v) is 0.524. The number of nitrogens with zero attached hydrogens (tertiary/aromatic N) is 3. The fourth-order valence-electron chi connectivity index (χ4n) is 0.524. The van der Waals surface area contributed by atoms with Crippen LogP contribution in [0.1, 0.15) is 11.5 Å². The van der Waals surface area contributed by atoms with Gasteiger partial charge in [0, 0.05) is 6.20 Å². The second kappa shape index (κ2) is 2.87. The van der Waals surface area contributed by atoms with Crippen molar-refractivity contribution >= 4 is 0 Å². The van der Waals surface area contributed by atoms with Gasteiger partial charge in [0.15, 0.2) is 0 Å². The van der Waals surface area contributed by atoms with E-state index in [-0.39, 0.29) is 11.5 Å². The number of hydrogen-bond donors (Lipinski definition) is 0. The predicted octanol–water partition coefficient (Wildman–Crippen LogP) is 0.818. The van der Waals surface area contributed by atoms with E-state index in [1.807, 2.05) is 0 Å². The van der Waals surface area contributed by atoms with E-state index in [4.69, 9.17) is 5.26 Å². The van der Waals surface area contributed by atoms with Crippen LogP contribution in [0.2, 0.25) is 0 Å². The summed E-state index contributed by atoms with van der Waals surface area (Å²) in [6, 6.07) is 3.14. The van der Waals surface area contributed by atoms with Crippen molar-refractivity contribution in [2.24, 2.45) is 0 Å². The van der Waals surface area contributed by atoms with E-state index < -0.39 is 6.67 Å². The molecule has 50 valence electrons. The quantitative estimate of drug-likeness (QED) is 0.575. The molecule has 0 aliphatic carbocycles. The molecular formula is C6H4FN3. The smallest absolute Gasteiger partial charge is 0.232 e. The highest BCUT2D eigenvalue weighted by Crippen LogP contribution is 1.95. The minimum Gasteiger partial charge on any atom is -0.244 e. The lowest BCUT2D eigenvalue weighted by atomic mass is 10.4. The van der Waals surface area contributed by atoms with Gasteiger partial charge in [-0.15, -0.1) is 0 Å². The van der Waals surface area contributed by atoms with E-state index in [1.54, 1.807) is 6.07 Å². The Bertz CT molecular complexity index is 266. The van der Waals surface area contributed by atoms with Crippen molar-refractivity contribution in [2.45, 2.75) is 6.67 Å². The topological polar surface area (TPSA) is 49.6 Å². The van der Waals surface area contributed by atoms with Crippen LogP contribution < -0.4 is 0 Å². The molecule has 0 fully saturated rings. The zero-order valence-corrected chi connectivity index (χ0v) is 5.08. The van der Waals surface area contributed by atoms with Crippen molar-refractivity contribution in [1.82, 2.24) is 9.97 Å². The largest absolute Gasteiger partial charge is 0.244 e. The number of rotatable bonds is 1. The molecule has 1 heterocycles. The summed E-state index contributed by atoms with van der Waals surface area (Å²) in [5.41, 5.74) is 0.242. The average Bonchev–Trinajstić information content (AvgIpc) is 2.05. The monoisotopic (exact) mass is 137 g/mol. The maximum absolute atomic E-state index is 11.8. The second-order valence-electron chi connectivity index (χ2n) is 1.62. The van der Waals surface area contributed by atoms with Crippen LogP contribution in [0, 0.1) is 11.3 Å². The van der Waals surface area contributed by atoms with Gasteiger partial charge in [-0.3, -0.25) is 0 Å². The summed E-state index contributed by atoms with van der Waals surface area (Å²) in [4.78, 5) is 7.13. The molecule has 1 aromatic heterocycles. The van der Waals surface area contributed by atoms with Gasteiger partial charge < -0.3 is 0 Å². The molecule has 0 unspecified atom stereocenters. The Hall–Kier alpha value is -1.50. The Balaban J connectivity index is 3.01. The van der Waals surface area contributed by atoms with Crippen molar-refractivity contribution < 1.29 is 4.39 Å². The normalized spacial score (nSPS) is 8.80. The van der Waals surface area contributed by atoms with Gasteiger partial charge >= 0.3 is 0 Å². The van der Waals surface area contributed by atoms with E-state index in [0.29, 0.717) is 0 Å². The molecule has 0 aliphatic rings. The number of aromatic nitrogens is 2. The first kappa shape index (κ1) is 6.62. The molecule has 0 aromatic carbocycles. The van der Waals surface area contributed by atoms with Crippen molar-refractivity contribution in [2.75, 3.05) is 0 Å². The molecule has 0 N–H and O–H groups in total. The zero-order chi connectivity index (χ0) is 7.40. The summed E-state index contributed by atoms with van der Waals surface area (Å²) < 4.78 is 11.8. The third-order valence-corrected chi connectivity index (χ3v) is 0.950. The number of nitriles is 1. The van der Waals surface area contributed by atoms with E-state index in [9.17, 15) is 4.39 Å². The maximum Gasteiger partial charge on any atom is 0.232 e. The summed E-state index contributed by atoms with van der Waals surface area (Å²) >= 11 is 0. The Morgan fingerprint density at radius 2 is 2.50 bits per heavy atom. The SMILES string of the molecule is N#Cc1nccc(CF)n1. The van der Waals surface area contributed by atoms with Crippen molar-refractivity contribution in [3.63, 3.8) is 0 Å². The zero-order valence-electron chi connectivity index (χ0n) is 5.08. The second-order valence-corrected chi connectivity index (χ2v) is 1.62. The van der Waals surface area contributed by atoms with Crippen LogP contribution in [0.3, 0.4) is 0 Å². The Labute approximate surface area is 57.2 Å². The van der Waals surface area contributed by atoms with Crippen LogP contribution in [0.4, 0.5) is 4.39 Å².